The molecule has 1 amide bonds. The van der Waals surface area contributed by atoms with Crippen molar-refractivity contribution in [2.45, 2.75) is 17.5 Å². The van der Waals surface area contributed by atoms with Gasteiger partial charge in [-0.1, -0.05) is 140 Å². The van der Waals surface area contributed by atoms with Crippen molar-refractivity contribution in [3.8, 4) is 11.1 Å². The van der Waals surface area contributed by atoms with E-state index < -0.39 is 23.6 Å². The summed E-state index contributed by atoms with van der Waals surface area (Å²) in [6, 6.07) is 43.5. The Bertz CT molecular complexity index is 1620. The van der Waals surface area contributed by atoms with E-state index in [1.807, 2.05) is 115 Å². The number of aliphatic carboxylic acids is 1. The highest BCUT2D eigenvalue weighted by atomic mass is 32.2. The number of carboxylic acid groups (broad SMARTS) is 1. The van der Waals surface area contributed by atoms with Gasteiger partial charge in [0.2, 0.25) is 0 Å². The van der Waals surface area contributed by atoms with Gasteiger partial charge in [-0.2, -0.15) is 0 Å². The van der Waals surface area contributed by atoms with E-state index >= 15 is 0 Å². The molecule has 6 rings (SSSR count). The zero-order valence-electron chi connectivity index (χ0n) is 24.8. The Balaban J connectivity index is 1.52. The maximum Gasteiger partial charge on any atom is 0.411 e. The predicted octanol–water partition coefficient (Wildman–Crippen LogP) is 7.98. The quantitative estimate of drug-likeness (QED) is 0.120. The molecule has 7 heteroatoms. The summed E-state index contributed by atoms with van der Waals surface area (Å²) in [6.45, 7) is 0.0432. The first kappa shape index (κ1) is 30.2. The fourth-order valence-corrected chi connectivity index (χ4v) is 7.06. The van der Waals surface area contributed by atoms with Gasteiger partial charge in [-0.05, 0) is 51.0 Å². The van der Waals surface area contributed by atoms with Gasteiger partial charge in [0.1, 0.15) is 18.2 Å². The molecule has 45 heavy (non-hydrogen) atoms. The van der Waals surface area contributed by atoms with Gasteiger partial charge >= 0.3 is 12.1 Å². The number of benzene rings is 5. The molecule has 5 aromatic carbocycles. The summed E-state index contributed by atoms with van der Waals surface area (Å²) >= 11 is 0.986. The van der Waals surface area contributed by atoms with E-state index in [4.69, 9.17) is 8.92 Å². The molecule has 1 aliphatic carbocycles. The van der Waals surface area contributed by atoms with Crippen molar-refractivity contribution in [1.29, 1.82) is 0 Å². The van der Waals surface area contributed by atoms with Crippen molar-refractivity contribution in [3.63, 3.8) is 0 Å². The van der Waals surface area contributed by atoms with Crippen molar-refractivity contribution in [2.24, 2.45) is 0 Å². The standard InChI is InChI=1S/C38H33NO5S/c1-43-45-26-35(36(40)41)39(37(42)44-25-34-32-23-13-11-21-30(32)31-22-12-14-24-33(31)34)38(27-15-5-2-6-16-27,28-17-7-3-8-18-28)29-19-9-4-10-20-29/h2-24,34-35H,25-26H2,1H3,(H,40,41)/t35-/m0/s1. The third-order valence-corrected chi connectivity index (χ3v) is 9.10. The highest BCUT2D eigenvalue weighted by Gasteiger charge is 2.51. The Morgan fingerprint density at radius 1 is 0.711 bits per heavy atom. The zero-order chi connectivity index (χ0) is 31.2. The fourth-order valence-electron chi connectivity index (χ4n) is 6.51. The zero-order valence-corrected chi connectivity index (χ0v) is 25.6. The largest absolute Gasteiger partial charge is 0.480 e. The molecule has 0 fully saturated rings. The topological polar surface area (TPSA) is 76.1 Å². The van der Waals surface area contributed by atoms with Gasteiger partial charge in [0.15, 0.2) is 0 Å². The van der Waals surface area contributed by atoms with Crippen LogP contribution in [0.3, 0.4) is 0 Å². The van der Waals surface area contributed by atoms with Crippen molar-refractivity contribution in [1.82, 2.24) is 4.90 Å². The summed E-state index contributed by atoms with van der Waals surface area (Å²) in [5.41, 5.74) is 5.19. The first-order valence-corrected chi connectivity index (χ1v) is 15.7. The maximum atomic E-state index is 14.8. The first-order valence-electron chi connectivity index (χ1n) is 14.8. The molecule has 1 atom stereocenters. The Morgan fingerprint density at radius 2 is 1.13 bits per heavy atom. The van der Waals surface area contributed by atoms with Crippen molar-refractivity contribution in [3.05, 3.63) is 167 Å². The molecule has 1 aliphatic rings. The molecular weight excluding hydrogens is 582 g/mol. The second kappa shape index (κ2) is 13.4. The molecule has 0 heterocycles. The van der Waals surface area contributed by atoms with Gasteiger partial charge in [-0.3, -0.25) is 4.90 Å². The number of rotatable bonds is 11. The second-order valence-corrected chi connectivity index (χ2v) is 11.7. The smallest absolute Gasteiger partial charge is 0.411 e. The van der Waals surface area contributed by atoms with Crippen molar-refractivity contribution in [2.75, 3.05) is 19.5 Å². The SMILES string of the molecule is COSC[C@@H](C(=O)O)N(C(=O)OCC1c2ccccc2-c2ccccc21)C(c1ccccc1)(c1ccccc1)c1ccccc1. The molecule has 0 saturated carbocycles. The Kier molecular flexibility index (Phi) is 9.01. The molecule has 1 N–H and O–H groups in total. The molecule has 226 valence electrons. The number of carbonyl (C=O) groups excluding carboxylic acids is 1. The molecular formula is C38H33NO5S. The van der Waals surface area contributed by atoms with Crippen LogP contribution in [0.4, 0.5) is 4.79 Å². The molecule has 0 unspecified atom stereocenters. The number of carboxylic acids is 1. The molecule has 5 aromatic rings. The van der Waals surface area contributed by atoms with E-state index in [2.05, 4.69) is 24.3 Å². The average molecular weight is 616 g/mol. The molecule has 0 aromatic heterocycles. The number of hydrogen-bond acceptors (Lipinski definition) is 5. The van der Waals surface area contributed by atoms with Crippen LogP contribution in [0.1, 0.15) is 33.7 Å². The minimum atomic E-state index is -1.36. The molecule has 0 spiro atoms. The molecule has 0 saturated heterocycles. The first-order chi connectivity index (χ1) is 22.1. The fraction of sp³-hybridized carbons (Fsp3) is 0.158. The predicted molar refractivity (Wildman–Crippen MR) is 177 cm³/mol. The number of nitrogens with zero attached hydrogens (tertiary/aromatic N) is 1. The third kappa shape index (κ3) is 5.61. The Labute approximate surface area is 267 Å². The van der Waals surface area contributed by atoms with Crippen molar-refractivity contribution >= 4 is 24.1 Å². The highest BCUT2D eigenvalue weighted by Crippen LogP contribution is 2.47. The van der Waals surface area contributed by atoms with Crippen LogP contribution in [0.25, 0.3) is 11.1 Å². The summed E-state index contributed by atoms with van der Waals surface area (Å²) in [6.07, 6.45) is -0.738. The Morgan fingerprint density at radius 3 is 1.56 bits per heavy atom. The lowest BCUT2D eigenvalue weighted by atomic mass is 9.75. The van der Waals surface area contributed by atoms with Crippen LogP contribution < -0.4 is 0 Å². The van der Waals surface area contributed by atoms with Crippen molar-refractivity contribution < 1.29 is 23.6 Å². The number of ether oxygens (including phenoxy) is 1. The van der Waals surface area contributed by atoms with E-state index in [-0.39, 0.29) is 18.3 Å². The molecule has 0 radical (unpaired) electrons. The minimum Gasteiger partial charge on any atom is -0.480 e. The van der Waals surface area contributed by atoms with Crippen LogP contribution in [0, 0.1) is 0 Å². The van der Waals surface area contributed by atoms with E-state index in [1.54, 1.807) is 0 Å². The Hall–Kier alpha value is -4.85. The van der Waals surface area contributed by atoms with E-state index in [0.29, 0.717) is 0 Å². The summed E-state index contributed by atoms with van der Waals surface area (Å²) in [5, 5.41) is 10.7. The minimum absolute atomic E-state index is 0.0235. The van der Waals surface area contributed by atoms with E-state index in [9.17, 15) is 14.7 Å². The van der Waals surface area contributed by atoms with Gasteiger partial charge < -0.3 is 14.0 Å². The van der Waals surface area contributed by atoms with Gasteiger partial charge in [0, 0.05) is 5.92 Å². The summed E-state index contributed by atoms with van der Waals surface area (Å²) in [7, 11) is 1.49. The number of carbonyl (C=O) groups is 2. The van der Waals surface area contributed by atoms with Gasteiger partial charge in [-0.25, -0.2) is 9.59 Å². The third-order valence-electron chi connectivity index (χ3n) is 8.41. The lowest BCUT2D eigenvalue weighted by molar-refractivity contribution is -0.143. The van der Waals surface area contributed by atoms with Gasteiger partial charge in [-0.15, -0.1) is 0 Å². The lowest BCUT2D eigenvalue weighted by Crippen LogP contribution is -2.59. The molecule has 0 aliphatic heterocycles. The van der Waals surface area contributed by atoms with E-state index in [0.717, 1.165) is 51.0 Å². The van der Waals surface area contributed by atoms with Gasteiger partial charge in [0.05, 0.1) is 12.9 Å². The van der Waals surface area contributed by atoms with E-state index in [1.165, 1.54) is 12.0 Å². The van der Waals surface area contributed by atoms with Crippen LogP contribution in [0.2, 0.25) is 0 Å². The molecule has 0 bridgehead atoms. The average Bonchev–Trinajstić information content (AvgIpc) is 3.41. The normalized spacial score (nSPS) is 13.0. The summed E-state index contributed by atoms with van der Waals surface area (Å²) in [5.74, 6) is -1.38. The summed E-state index contributed by atoms with van der Waals surface area (Å²) < 4.78 is 11.5. The van der Waals surface area contributed by atoms with Crippen LogP contribution >= 0.6 is 12.0 Å². The molecule has 6 nitrogen and oxygen atoms in total. The lowest BCUT2D eigenvalue weighted by Gasteiger charge is -2.47. The van der Waals surface area contributed by atoms with Crippen LogP contribution in [0.5, 0.6) is 0 Å². The van der Waals surface area contributed by atoms with Crippen LogP contribution in [-0.2, 0) is 19.3 Å². The number of fused-ring (bicyclic) bond motifs is 3. The van der Waals surface area contributed by atoms with Gasteiger partial charge in [0.25, 0.3) is 0 Å². The number of hydrogen-bond donors (Lipinski definition) is 1. The second-order valence-electron chi connectivity index (χ2n) is 10.8. The summed E-state index contributed by atoms with van der Waals surface area (Å²) in [4.78, 5) is 29.3. The maximum absolute atomic E-state index is 14.8. The number of amides is 1. The highest BCUT2D eigenvalue weighted by molar-refractivity contribution is 7.94. The monoisotopic (exact) mass is 615 g/mol. The van der Waals surface area contributed by atoms with Crippen LogP contribution in [-0.4, -0.2) is 47.6 Å². The van der Waals surface area contributed by atoms with Crippen LogP contribution in [0.15, 0.2) is 140 Å².